The van der Waals surface area contributed by atoms with Gasteiger partial charge in [-0.05, 0) is 32.1 Å². The van der Waals surface area contributed by atoms with Gasteiger partial charge in [0.05, 0.1) is 5.60 Å². The van der Waals surface area contributed by atoms with E-state index in [9.17, 15) is 5.11 Å². The Morgan fingerprint density at radius 1 is 1.14 bits per heavy atom. The molecule has 2 N–H and O–H groups in total. The van der Waals surface area contributed by atoms with Crippen LogP contribution in [0.1, 0.15) is 48.0 Å². The summed E-state index contributed by atoms with van der Waals surface area (Å²) in [6.07, 6.45) is 1.16. The third-order valence-corrected chi connectivity index (χ3v) is 2.88. The molecule has 0 radical (unpaired) electrons. The Kier molecular flexibility index (Phi) is 5.68. The molecule has 0 saturated carbocycles. The molecule has 0 aliphatic carbocycles. The predicted octanol–water partition coefficient (Wildman–Crippen LogP) is 2.42. The normalized spacial score (nSPS) is 18.6. The average Bonchev–Trinajstić information content (AvgIpc) is 1.99. The summed E-state index contributed by atoms with van der Waals surface area (Å²) in [7, 11) is 0. The zero-order valence-corrected chi connectivity index (χ0v) is 10.6. The molecule has 2 nitrogen and oxygen atoms in total. The van der Waals surface area contributed by atoms with E-state index >= 15 is 0 Å². The summed E-state index contributed by atoms with van der Waals surface area (Å²) in [5.41, 5.74) is -0.592. The van der Waals surface area contributed by atoms with Gasteiger partial charge in [-0.1, -0.05) is 27.7 Å². The number of rotatable bonds is 6. The molecule has 0 aromatic rings. The Morgan fingerprint density at radius 2 is 1.64 bits per heavy atom. The molecule has 0 rings (SSSR count). The summed E-state index contributed by atoms with van der Waals surface area (Å²) in [5, 5.41) is 13.4. The second-order valence-corrected chi connectivity index (χ2v) is 5.42. The predicted molar refractivity (Wildman–Crippen MR) is 62.4 cm³/mol. The summed E-state index contributed by atoms with van der Waals surface area (Å²) in [5.74, 6) is 1.00. The summed E-state index contributed by atoms with van der Waals surface area (Å²) >= 11 is 0. The van der Waals surface area contributed by atoms with Crippen molar-refractivity contribution in [2.24, 2.45) is 11.8 Å². The van der Waals surface area contributed by atoms with Crippen LogP contribution >= 0.6 is 0 Å². The van der Waals surface area contributed by atoms with Gasteiger partial charge in [0.1, 0.15) is 0 Å². The molecule has 86 valence electrons. The van der Waals surface area contributed by atoms with E-state index in [-0.39, 0.29) is 0 Å². The Bertz CT molecular complexity index is 152. The molecule has 2 heteroatoms. The zero-order valence-electron chi connectivity index (χ0n) is 10.6. The van der Waals surface area contributed by atoms with E-state index in [0.29, 0.717) is 24.4 Å². The van der Waals surface area contributed by atoms with Crippen molar-refractivity contribution in [3.05, 3.63) is 0 Å². The number of aliphatic hydroxyl groups is 1. The van der Waals surface area contributed by atoms with Crippen LogP contribution in [0.15, 0.2) is 0 Å². The van der Waals surface area contributed by atoms with Gasteiger partial charge in [-0.2, -0.15) is 0 Å². The Hall–Kier alpha value is -0.0800. The number of hydrogen-bond donors (Lipinski definition) is 2. The van der Waals surface area contributed by atoms with Crippen LogP contribution < -0.4 is 5.32 Å². The fourth-order valence-corrected chi connectivity index (χ4v) is 1.38. The summed E-state index contributed by atoms with van der Waals surface area (Å²) < 4.78 is 0. The molecule has 0 spiro atoms. The van der Waals surface area contributed by atoms with Gasteiger partial charge in [-0.15, -0.1) is 0 Å². The van der Waals surface area contributed by atoms with Crippen LogP contribution in [-0.2, 0) is 0 Å². The first-order chi connectivity index (χ1) is 6.25. The standard InChI is InChI=1S/C12H27NO/c1-9(2)7-11(5)13-8-12(6,14)10(3)4/h9-11,13-14H,7-8H2,1-6H3. The SMILES string of the molecule is CC(C)CC(C)NCC(C)(O)C(C)C. The summed E-state index contributed by atoms with van der Waals surface area (Å²) in [4.78, 5) is 0. The molecule has 0 aromatic heterocycles. The largest absolute Gasteiger partial charge is 0.389 e. The van der Waals surface area contributed by atoms with E-state index in [4.69, 9.17) is 0 Å². The van der Waals surface area contributed by atoms with Gasteiger partial charge in [0.25, 0.3) is 0 Å². The van der Waals surface area contributed by atoms with Crippen molar-refractivity contribution >= 4 is 0 Å². The maximum absolute atomic E-state index is 10.0. The van der Waals surface area contributed by atoms with Crippen LogP contribution in [0.3, 0.4) is 0 Å². The van der Waals surface area contributed by atoms with Crippen LogP contribution in [0, 0.1) is 11.8 Å². The molecule has 0 saturated heterocycles. The molecule has 0 aromatic carbocycles. The molecule has 14 heavy (non-hydrogen) atoms. The van der Waals surface area contributed by atoms with E-state index in [1.807, 2.05) is 6.92 Å². The van der Waals surface area contributed by atoms with Crippen molar-refractivity contribution in [2.45, 2.75) is 59.6 Å². The highest BCUT2D eigenvalue weighted by molar-refractivity contribution is 4.80. The van der Waals surface area contributed by atoms with Crippen LogP contribution in [0.25, 0.3) is 0 Å². The smallest absolute Gasteiger partial charge is 0.0766 e. The van der Waals surface area contributed by atoms with Crippen molar-refractivity contribution in [1.82, 2.24) is 5.32 Å². The van der Waals surface area contributed by atoms with E-state index in [0.717, 1.165) is 6.42 Å². The monoisotopic (exact) mass is 201 g/mol. The van der Waals surface area contributed by atoms with Gasteiger partial charge in [-0.25, -0.2) is 0 Å². The lowest BCUT2D eigenvalue weighted by Crippen LogP contribution is -2.45. The second-order valence-electron chi connectivity index (χ2n) is 5.42. The van der Waals surface area contributed by atoms with Crippen LogP contribution in [0.2, 0.25) is 0 Å². The van der Waals surface area contributed by atoms with Crippen LogP contribution in [0.5, 0.6) is 0 Å². The molecule has 0 bridgehead atoms. The lowest BCUT2D eigenvalue weighted by molar-refractivity contribution is 0.0117. The van der Waals surface area contributed by atoms with Gasteiger partial charge in [0.2, 0.25) is 0 Å². The molecule has 0 aliphatic rings. The van der Waals surface area contributed by atoms with E-state index in [1.165, 1.54) is 0 Å². The summed E-state index contributed by atoms with van der Waals surface area (Å²) in [6, 6.07) is 0.486. The van der Waals surface area contributed by atoms with Crippen molar-refractivity contribution in [1.29, 1.82) is 0 Å². The Labute approximate surface area is 89.1 Å². The topological polar surface area (TPSA) is 32.3 Å². The van der Waals surface area contributed by atoms with Gasteiger partial charge in [0.15, 0.2) is 0 Å². The molecular formula is C12H27NO. The van der Waals surface area contributed by atoms with Crippen molar-refractivity contribution < 1.29 is 5.11 Å². The molecule has 2 unspecified atom stereocenters. The minimum atomic E-state index is -0.592. The first kappa shape index (κ1) is 13.9. The highest BCUT2D eigenvalue weighted by atomic mass is 16.3. The van der Waals surface area contributed by atoms with Crippen LogP contribution in [-0.4, -0.2) is 23.3 Å². The maximum atomic E-state index is 10.0. The lowest BCUT2D eigenvalue weighted by atomic mass is 9.92. The minimum absolute atomic E-state index is 0.293. The molecule has 0 aliphatic heterocycles. The fourth-order valence-electron chi connectivity index (χ4n) is 1.38. The molecule has 0 fully saturated rings. The van der Waals surface area contributed by atoms with Crippen molar-refractivity contribution in [3.63, 3.8) is 0 Å². The minimum Gasteiger partial charge on any atom is -0.389 e. The fraction of sp³-hybridized carbons (Fsp3) is 1.00. The van der Waals surface area contributed by atoms with Gasteiger partial charge < -0.3 is 10.4 Å². The molecule has 2 atom stereocenters. The van der Waals surface area contributed by atoms with E-state index in [1.54, 1.807) is 0 Å². The number of hydrogen-bond acceptors (Lipinski definition) is 2. The second kappa shape index (κ2) is 5.72. The van der Waals surface area contributed by atoms with E-state index < -0.39 is 5.60 Å². The summed E-state index contributed by atoms with van der Waals surface area (Å²) in [6.45, 7) is 13.3. The Morgan fingerprint density at radius 3 is 2.00 bits per heavy atom. The lowest BCUT2D eigenvalue weighted by Gasteiger charge is -2.30. The highest BCUT2D eigenvalue weighted by Crippen LogP contribution is 2.15. The first-order valence-electron chi connectivity index (χ1n) is 5.71. The van der Waals surface area contributed by atoms with Crippen molar-refractivity contribution in [2.75, 3.05) is 6.54 Å². The third-order valence-electron chi connectivity index (χ3n) is 2.88. The third kappa shape index (κ3) is 5.61. The molecular weight excluding hydrogens is 174 g/mol. The molecule has 0 heterocycles. The quantitative estimate of drug-likeness (QED) is 0.691. The highest BCUT2D eigenvalue weighted by Gasteiger charge is 2.24. The Balaban J connectivity index is 3.81. The van der Waals surface area contributed by atoms with Crippen molar-refractivity contribution in [3.8, 4) is 0 Å². The van der Waals surface area contributed by atoms with Crippen LogP contribution in [0.4, 0.5) is 0 Å². The zero-order chi connectivity index (χ0) is 11.4. The first-order valence-corrected chi connectivity index (χ1v) is 5.71. The maximum Gasteiger partial charge on any atom is 0.0766 e. The van der Waals surface area contributed by atoms with Gasteiger partial charge >= 0.3 is 0 Å². The number of nitrogens with one attached hydrogen (secondary N) is 1. The average molecular weight is 201 g/mol. The molecule has 0 amide bonds. The van der Waals surface area contributed by atoms with Gasteiger partial charge in [0, 0.05) is 12.6 Å². The van der Waals surface area contributed by atoms with Gasteiger partial charge in [-0.3, -0.25) is 0 Å². The van der Waals surface area contributed by atoms with E-state index in [2.05, 4.69) is 39.9 Å².